The summed E-state index contributed by atoms with van der Waals surface area (Å²) in [6.07, 6.45) is 1.59. The van der Waals surface area contributed by atoms with Gasteiger partial charge in [-0.2, -0.15) is 0 Å². The van der Waals surface area contributed by atoms with Crippen LogP contribution in [0.5, 0.6) is 0 Å². The Morgan fingerprint density at radius 2 is 2.27 bits per heavy atom. The molecular weight excluding hydrogens is 262 g/mol. The molecule has 0 N–H and O–H groups in total. The van der Waals surface area contributed by atoms with E-state index >= 15 is 0 Å². The molecule has 2 unspecified atom stereocenters. The summed E-state index contributed by atoms with van der Waals surface area (Å²) in [7, 11) is 1.36. The van der Waals surface area contributed by atoms with Crippen molar-refractivity contribution < 1.29 is 14.3 Å². The van der Waals surface area contributed by atoms with Crippen molar-refractivity contribution in [3.05, 3.63) is 0 Å². The summed E-state index contributed by atoms with van der Waals surface area (Å²) >= 11 is 3.27. The second-order valence-corrected chi connectivity index (χ2v) is 4.42. The largest absolute Gasteiger partial charge is 0.467 e. The van der Waals surface area contributed by atoms with Gasteiger partial charge in [0.05, 0.1) is 7.11 Å². The molecule has 1 heterocycles. The SMILES string of the molecule is COC(=O)C1CCCN1C(=O)C(C)CBr. The monoisotopic (exact) mass is 277 g/mol. The van der Waals surface area contributed by atoms with Crippen LogP contribution in [0.3, 0.4) is 0 Å². The van der Waals surface area contributed by atoms with Gasteiger partial charge in [0.25, 0.3) is 0 Å². The number of halogens is 1. The molecule has 0 aromatic heterocycles. The summed E-state index contributed by atoms with van der Waals surface area (Å²) < 4.78 is 4.68. The molecule has 0 saturated carbocycles. The van der Waals surface area contributed by atoms with Crippen LogP contribution in [0.15, 0.2) is 0 Å². The number of ether oxygens (including phenoxy) is 1. The number of methoxy groups -OCH3 is 1. The molecule has 1 fully saturated rings. The third-order valence-electron chi connectivity index (χ3n) is 2.66. The normalized spacial score (nSPS) is 22.6. The summed E-state index contributed by atoms with van der Waals surface area (Å²) in [4.78, 5) is 24.9. The van der Waals surface area contributed by atoms with Crippen molar-refractivity contribution in [2.24, 2.45) is 5.92 Å². The lowest BCUT2D eigenvalue weighted by atomic mass is 10.1. The van der Waals surface area contributed by atoms with E-state index in [4.69, 9.17) is 0 Å². The first-order valence-electron chi connectivity index (χ1n) is 5.06. The van der Waals surface area contributed by atoms with Crippen LogP contribution in [-0.4, -0.2) is 41.8 Å². The van der Waals surface area contributed by atoms with Gasteiger partial charge in [-0.25, -0.2) is 4.79 Å². The fraction of sp³-hybridized carbons (Fsp3) is 0.800. The van der Waals surface area contributed by atoms with Crippen molar-refractivity contribution in [1.29, 1.82) is 0 Å². The highest BCUT2D eigenvalue weighted by atomic mass is 79.9. The lowest BCUT2D eigenvalue weighted by Gasteiger charge is -2.24. The molecule has 1 rings (SSSR count). The van der Waals surface area contributed by atoms with Crippen LogP contribution >= 0.6 is 15.9 Å². The van der Waals surface area contributed by atoms with E-state index in [1.165, 1.54) is 7.11 Å². The zero-order chi connectivity index (χ0) is 11.4. The first kappa shape index (κ1) is 12.5. The third kappa shape index (κ3) is 2.71. The zero-order valence-electron chi connectivity index (χ0n) is 9.03. The molecule has 0 spiro atoms. The first-order valence-corrected chi connectivity index (χ1v) is 6.18. The molecule has 0 radical (unpaired) electrons. The van der Waals surface area contributed by atoms with Gasteiger partial charge >= 0.3 is 5.97 Å². The molecule has 86 valence electrons. The van der Waals surface area contributed by atoms with E-state index in [0.29, 0.717) is 18.3 Å². The fourth-order valence-corrected chi connectivity index (χ4v) is 2.04. The van der Waals surface area contributed by atoms with E-state index in [-0.39, 0.29) is 23.8 Å². The second-order valence-electron chi connectivity index (χ2n) is 3.77. The summed E-state index contributed by atoms with van der Waals surface area (Å²) in [5.41, 5.74) is 0. The van der Waals surface area contributed by atoms with Gasteiger partial charge in [-0.3, -0.25) is 4.79 Å². The van der Waals surface area contributed by atoms with Gasteiger partial charge in [-0.05, 0) is 12.8 Å². The number of likely N-dealkylation sites (tertiary alicyclic amines) is 1. The molecule has 2 atom stereocenters. The Morgan fingerprint density at radius 3 is 2.80 bits per heavy atom. The van der Waals surface area contributed by atoms with Gasteiger partial charge in [-0.1, -0.05) is 22.9 Å². The topological polar surface area (TPSA) is 46.6 Å². The van der Waals surface area contributed by atoms with Crippen molar-refractivity contribution >= 4 is 27.8 Å². The van der Waals surface area contributed by atoms with Crippen molar-refractivity contribution in [3.8, 4) is 0 Å². The Kier molecular flexibility index (Phi) is 4.57. The van der Waals surface area contributed by atoms with Crippen LogP contribution in [0.1, 0.15) is 19.8 Å². The summed E-state index contributed by atoms with van der Waals surface area (Å²) in [5, 5.41) is 0.621. The van der Waals surface area contributed by atoms with E-state index in [1.54, 1.807) is 4.90 Å². The van der Waals surface area contributed by atoms with Gasteiger partial charge in [0, 0.05) is 17.8 Å². The van der Waals surface area contributed by atoms with Crippen molar-refractivity contribution in [1.82, 2.24) is 4.90 Å². The summed E-state index contributed by atoms with van der Waals surface area (Å²) in [6.45, 7) is 2.51. The predicted octanol–water partition coefficient (Wildman–Crippen LogP) is 1.18. The lowest BCUT2D eigenvalue weighted by Crippen LogP contribution is -2.43. The summed E-state index contributed by atoms with van der Waals surface area (Å²) in [5.74, 6) is -0.363. The molecule has 0 aliphatic carbocycles. The average molecular weight is 278 g/mol. The Balaban J connectivity index is 2.68. The number of carbonyl (C=O) groups is 2. The maximum Gasteiger partial charge on any atom is 0.328 e. The van der Waals surface area contributed by atoms with Crippen LogP contribution in [0, 0.1) is 5.92 Å². The highest BCUT2D eigenvalue weighted by molar-refractivity contribution is 9.09. The zero-order valence-corrected chi connectivity index (χ0v) is 10.6. The number of alkyl halides is 1. The van der Waals surface area contributed by atoms with E-state index in [0.717, 1.165) is 6.42 Å². The Labute approximate surface area is 98.1 Å². The molecule has 0 bridgehead atoms. The number of nitrogens with zero attached hydrogens (tertiary/aromatic N) is 1. The number of rotatable bonds is 3. The van der Waals surface area contributed by atoms with Gasteiger partial charge in [0.1, 0.15) is 6.04 Å². The number of hydrogen-bond donors (Lipinski definition) is 0. The molecule has 1 aliphatic heterocycles. The standard InChI is InChI=1S/C10H16BrNO3/c1-7(6-11)9(13)12-5-3-4-8(12)10(14)15-2/h7-8H,3-6H2,1-2H3. The number of carbonyl (C=O) groups excluding carboxylic acids is 2. The van der Waals surface area contributed by atoms with Gasteiger partial charge in [-0.15, -0.1) is 0 Å². The van der Waals surface area contributed by atoms with Crippen LogP contribution in [0.25, 0.3) is 0 Å². The minimum Gasteiger partial charge on any atom is -0.467 e. The molecule has 1 saturated heterocycles. The third-order valence-corrected chi connectivity index (χ3v) is 3.63. The van der Waals surface area contributed by atoms with E-state index in [1.807, 2.05) is 6.92 Å². The van der Waals surface area contributed by atoms with E-state index in [2.05, 4.69) is 20.7 Å². The maximum atomic E-state index is 11.9. The minimum absolute atomic E-state index is 0.0276. The predicted molar refractivity (Wildman–Crippen MR) is 59.7 cm³/mol. The molecule has 15 heavy (non-hydrogen) atoms. The molecular formula is C10H16BrNO3. The van der Waals surface area contributed by atoms with Crippen LogP contribution in [0.2, 0.25) is 0 Å². The van der Waals surface area contributed by atoms with E-state index in [9.17, 15) is 9.59 Å². The summed E-state index contributed by atoms with van der Waals surface area (Å²) in [6, 6.07) is -0.371. The minimum atomic E-state index is -0.371. The average Bonchev–Trinajstić information content (AvgIpc) is 2.74. The highest BCUT2D eigenvalue weighted by Crippen LogP contribution is 2.21. The van der Waals surface area contributed by atoms with Crippen molar-refractivity contribution in [3.63, 3.8) is 0 Å². The first-order chi connectivity index (χ1) is 7.11. The molecule has 1 aliphatic rings. The number of hydrogen-bond acceptors (Lipinski definition) is 3. The van der Waals surface area contributed by atoms with Gasteiger partial charge in [0.2, 0.25) is 5.91 Å². The maximum absolute atomic E-state index is 11.9. The number of amides is 1. The number of esters is 1. The van der Waals surface area contributed by atoms with Gasteiger partial charge in [0.15, 0.2) is 0 Å². The molecule has 0 aromatic rings. The molecule has 4 nitrogen and oxygen atoms in total. The Hall–Kier alpha value is -0.580. The van der Waals surface area contributed by atoms with E-state index < -0.39 is 0 Å². The highest BCUT2D eigenvalue weighted by Gasteiger charge is 2.36. The van der Waals surface area contributed by atoms with Crippen LogP contribution in [-0.2, 0) is 14.3 Å². The Morgan fingerprint density at radius 1 is 1.60 bits per heavy atom. The molecule has 0 aromatic carbocycles. The van der Waals surface area contributed by atoms with Gasteiger partial charge < -0.3 is 9.64 Å². The van der Waals surface area contributed by atoms with Crippen molar-refractivity contribution in [2.45, 2.75) is 25.8 Å². The molecule has 1 amide bonds. The van der Waals surface area contributed by atoms with Crippen LogP contribution < -0.4 is 0 Å². The molecule has 5 heteroatoms. The smallest absolute Gasteiger partial charge is 0.328 e. The quantitative estimate of drug-likeness (QED) is 0.575. The lowest BCUT2D eigenvalue weighted by molar-refractivity contribution is -0.151. The second kappa shape index (κ2) is 5.49. The Bertz CT molecular complexity index is 257. The van der Waals surface area contributed by atoms with Crippen molar-refractivity contribution in [2.75, 3.05) is 19.0 Å². The fourth-order valence-electron chi connectivity index (χ4n) is 1.76. The van der Waals surface area contributed by atoms with Crippen LogP contribution in [0.4, 0.5) is 0 Å².